The lowest BCUT2D eigenvalue weighted by atomic mass is 9.89. The zero-order chi connectivity index (χ0) is 13.6. The maximum absolute atomic E-state index is 11.3. The molecule has 0 bridgehead atoms. The number of unbranched alkanes of at least 4 members (excludes halogenated alkanes) is 1. The lowest BCUT2D eigenvalue weighted by molar-refractivity contribution is -0.124. The topological polar surface area (TPSA) is 70.1 Å². The summed E-state index contributed by atoms with van der Waals surface area (Å²) in [5.41, 5.74) is 5.20. The molecular weight excluding hydrogens is 226 g/mol. The number of nitrogens with two attached hydrogens (primary N) is 1. The van der Waals surface area contributed by atoms with E-state index in [2.05, 4.69) is 11.0 Å². The van der Waals surface area contributed by atoms with Crippen molar-refractivity contribution < 1.29 is 4.79 Å². The first-order chi connectivity index (χ1) is 8.46. The number of nitrogens with zero attached hydrogens (tertiary/aromatic N) is 2. The van der Waals surface area contributed by atoms with Gasteiger partial charge in [0.1, 0.15) is 0 Å². The van der Waals surface area contributed by atoms with Crippen molar-refractivity contribution in [3.63, 3.8) is 0 Å². The second-order valence-electron chi connectivity index (χ2n) is 5.90. The van der Waals surface area contributed by atoms with Crippen LogP contribution < -0.4 is 5.73 Å². The number of carbonyl (C=O) groups is 1. The molecule has 1 fully saturated rings. The Morgan fingerprint density at radius 1 is 1.44 bits per heavy atom. The highest BCUT2D eigenvalue weighted by Crippen LogP contribution is 2.23. The molecule has 1 saturated heterocycles. The SMILES string of the molecule is CC(C)(C#N)CCCCN1CCCCC1C(N)=O. The van der Waals surface area contributed by atoms with Gasteiger partial charge in [0.25, 0.3) is 0 Å². The van der Waals surface area contributed by atoms with Gasteiger partial charge < -0.3 is 5.73 Å². The van der Waals surface area contributed by atoms with Gasteiger partial charge in [0.2, 0.25) is 5.91 Å². The number of piperidine rings is 1. The Labute approximate surface area is 110 Å². The van der Waals surface area contributed by atoms with Crippen LogP contribution in [0.25, 0.3) is 0 Å². The first-order valence-corrected chi connectivity index (χ1v) is 6.91. The molecule has 4 nitrogen and oxygen atoms in total. The van der Waals surface area contributed by atoms with Gasteiger partial charge in [-0.1, -0.05) is 12.8 Å². The number of hydrogen-bond donors (Lipinski definition) is 1. The van der Waals surface area contributed by atoms with E-state index >= 15 is 0 Å². The molecule has 18 heavy (non-hydrogen) atoms. The Morgan fingerprint density at radius 2 is 2.17 bits per heavy atom. The van der Waals surface area contributed by atoms with Crippen molar-refractivity contribution in [3.8, 4) is 6.07 Å². The molecule has 2 N–H and O–H groups in total. The van der Waals surface area contributed by atoms with Gasteiger partial charge in [0, 0.05) is 0 Å². The molecule has 0 aliphatic carbocycles. The van der Waals surface area contributed by atoms with Gasteiger partial charge in [-0.25, -0.2) is 0 Å². The molecule has 0 radical (unpaired) electrons. The molecule has 1 aliphatic heterocycles. The number of carbonyl (C=O) groups excluding carboxylic acids is 1. The van der Waals surface area contributed by atoms with Gasteiger partial charge in [-0.15, -0.1) is 0 Å². The lowest BCUT2D eigenvalue weighted by Crippen LogP contribution is -2.47. The van der Waals surface area contributed by atoms with Gasteiger partial charge in [-0.05, 0) is 52.6 Å². The molecule has 1 amide bonds. The van der Waals surface area contributed by atoms with Crippen LogP contribution in [0.1, 0.15) is 52.4 Å². The van der Waals surface area contributed by atoms with E-state index in [1.165, 1.54) is 0 Å². The summed E-state index contributed by atoms with van der Waals surface area (Å²) in [6.45, 7) is 5.85. The first-order valence-electron chi connectivity index (χ1n) is 6.91. The van der Waals surface area contributed by atoms with E-state index in [0.29, 0.717) is 0 Å². The average Bonchev–Trinajstić information content (AvgIpc) is 2.35. The molecule has 1 unspecified atom stereocenters. The Bertz CT molecular complexity index is 319. The second-order valence-corrected chi connectivity index (χ2v) is 5.90. The van der Waals surface area contributed by atoms with Crippen molar-refractivity contribution in [1.29, 1.82) is 5.26 Å². The van der Waals surface area contributed by atoms with Gasteiger partial charge >= 0.3 is 0 Å². The number of amides is 1. The summed E-state index contributed by atoms with van der Waals surface area (Å²) >= 11 is 0. The molecule has 4 heteroatoms. The van der Waals surface area contributed by atoms with E-state index in [0.717, 1.165) is 51.6 Å². The normalized spacial score (nSPS) is 21.5. The largest absolute Gasteiger partial charge is 0.368 e. The predicted molar refractivity (Wildman–Crippen MR) is 71.7 cm³/mol. The smallest absolute Gasteiger partial charge is 0.234 e. The minimum absolute atomic E-state index is 0.0669. The monoisotopic (exact) mass is 251 g/mol. The maximum Gasteiger partial charge on any atom is 0.234 e. The van der Waals surface area contributed by atoms with Gasteiger partial charge in [-0.3, -0.25) is 9.69 Å². The third-order valence-corrected chi connectivity index (χ3v) is 3.74. The summed E-state index contributed by atoms with van der Waals surface area (Å²) in [5, 5.41) is 8.94. The molecule has 0 spiro atoms. The fraction of sp³-hybridized carbons (Fsp3) is 0.857. The molecule has 0 aromatic carbocycles. The number of likely N-dealkylation sites (tertiary alicyclic amines) is 1. The van der Waals surface area contributed by atoms with Crippen molar-refractivity contribution in [1.82, 2.24) is 4.90 Å². The van der Waals surface area contributed by atoms with Gasteiger partial charge in [0.05, 0.1) is 17.5 Å². The van der Waals surface area contributed by atoms with Crippen molar-refractivity contribution >= 4 is 5.91 Å². The number of hydrogen-bond acceptors (Lipinski definition) is 3. The molecule has 0 aromatic heterocycles. The molecule has 0 saturated carbocycles. The van der Waals surface area contributed by atoms with E-state index in [-0.39, 0.29) is 17.4 Å². The second kappa shape index (κ2) is 6.75. The number of primary amides is 1. The van der Waals surface area contributed by atoms with Gasteiger partial charge in [0.15, 0.2) is 0 Å². The van der Waals surface area contributed by atoms with Gasteiger partial charge in [-0.2, -0.15) is 5.26 Å². The summed E-state index contributed by atoms with van der Waals surface area (Å²) in [4.78, 5) is 13.6. The molecule has 1 aliphatic rings. The Balaban J connectivity index is 2.29. The fourth-order valence-electron chi connectivity index (χ4n) is 2.52. The third kappa shape index (κ3) is 4.66. The molecular formula is C14H25N3O. The van der Waals surface area contributed by atoms with E-state index in [1.807, 2.05) is 13.8 Å². The molecule has 0 aromatic rings. The minimum Gasteiger partial charge on any atom is -0.368 e. The summed E-state index contributed by atoms with van der Waals surface area (Å²) < 4.78 is 0. The highest BCUT2D eigenvalue weighted by atomic mass is 16.1. The van der Waals surface area contributed by atoms with Crippen LogP contribution in [-0.4, -0.2) is 29.9 Å². The van der Waals surface area contributed by atoms with E-state index in [1.54, 1.807) is 0 Å². The summed E-state index contributed by atoms with van der Waals surface area (Å²) in [5.74, 6) is -0.188. The highest BCUT2D eigenvalue weighted by Gasteiger charge is 2.26. The van der Waals surface area contributed by atoms with E-state index in [4.69, 9.17) is 11.0 Å². The number of nitriles is 1. The highest BCUT2D eigenvalue weighted by molar-refractivity contribution is 5.79. The minimum atomic E-state index is -0.231. The molecule has 1 rings (SSSR count). The standard InChI is InChI=1S/C14H25N3O/c1-14(2,11-15)8-4-6-10-17-9-5-3-7-12(17)13(16)18/h12H,3-10H2,1-2H3,(H2,16,18). The summed E-state index contributed by atoms with van der Waals surface area (Å²) in [7, 11) is 0. The summed E-state index contributed by atoms with van der Waals surface area (Å²) in [6.07, 6.45) is 6.15. The first kappa shape index (κ1) is 15.0. The van der Waals surface area contributed by atoms with Crippen LogP contribution in [0.3, 0.4) is 0 Å². The Morgan fingerprint density at radius 3 is 2.78 bits per heavy atom. The van der Waals surface area contributed by atoms with Crippen molar-refractivity contribution in [2.24, 2.45) is 11.1 Å². The van der Waals surface area contributed by atoms with Crippen LogP contribution in [0.15, 0.2) is 0 Å². The third-order valence-electron chi connectivity index (χ3n) is 3.74. The maximum atomic E-state index is 11.3. The van der Waals surface area contributed by atoms with Crippen LogP contribution >= 0.6 is 0 Å². The summed E-state index contributed by atoms with van der Waals surface area (Å²) in [6, 6.07) is 2.25. The zero-order valence-electron chi connectivity index (χ0n) is 11.6. The predicted octanol–water partition coefficient (Wildman–Crippen LogP) is 2.05. The van der Waals surface area contributed by atoms with Crippen LogP contribution in [0.4, 0.5) is 0 Å². The van der Waals surface area contributed by atoms with Crippen LogP contribution in [-0.2, 0) is 4.79 Å². The Hall–Kier alpha value is -1.08. The van der Waals surface area contributed by atoms with Crippen LogP contribution in [0, 0.1) is 16.7 Å². The zero-order valence-corrected chi connectivity index (χ0v) is 11.6. The fourth-order valence-corrected chi connectivity index (χ4v) is 2.52. The van der Waals surface area contributed by atoms with Crippen LogP contribution in [0.2, 0.25) is 0 Å². The van der Waals surface area contributed by atoms with Crippen molar-refractivity contribution in [2.45, 2.75) is 58.4 Å². The van der Waals surface area contributed by atoms with Crippen molar-refractivity contribution in [2.75, 3.05) is 13.1 Å². The number of rotatable bonds is 6. The lowest BCUT2D eigenvalue weighted by Gasteiger charge is -2.33. The van der Waals surface area contributed by atoms with Crippen molar-refractivity contribution in [3.05, 3.63) is 0 Å². The molecule has 1 heterocycles. The van der Waals surface area contributed by atoms with E-state index < -0.39 is 0 Å². The Kier molecular flexibility index (Phi) is 5.61. The average molecular weight is 251 g/mol. The van der Waals surface area contributed by atoms with Crippen LogP contribution in [0.5, 0.6) is 0 Å². The molecule has 102 valence electrons. The molecule has 1 atom stereocenters. The quantitative estimate of drug-likeness (QED) is 0.734. The van der Waals surface area contributed by atoms with E-state index in [9.17, 15) is 4.79 Å².